The molecule has 0 spiro atoms. The number of aromatic amines is 1. The highest BCUT2D eigenvalue weighted by Crippen LogP contribution is 2.23. The molecular weight excluding hydrogens is 268 g/mol. The van der Waals surface area contributed by atoms with Crippen LogP contribution in [0.2, 0.25) is 0 Å². The highest BCUT2D eigenvalue weighted by molar-refractivity contribution is 5.91. The lowest BCUT2D eigenvalue weighted by Gasteiger charge is -2.16. The van der Waals surface area contributed by atoms with Crippen molar-refractivity contribution >= 4 is 22.7 Å². The number of amides is 1. The van der Waals surface area contributed by atoms with Crippen LogP contribution in [0.5, 0.6) is 0 Å². The molecule has 3 aromatic rings. The van der Waals surface area contributed by atoms with Gasteiger partial charge in [-0.15, -0.1) is 0 Å². The number of benzene rings is 1. The molecule has 0 saturated heterocycles. The molecular formula is C15H16N4O2. The fraction of sp³-hybridized carbons (Fsp3) is 0.200. The van der Waals surface area contributed by atoms with Crippen LogP contribution in [0.3, 0.4) is 0 Å². The summed E-state index contributed by atoms with van der Waals surface area (Å²) in [4.78, 5) is 20.2. The second kappa shape index (κ2) is 5.32. The van der Waals surface area contributed by atoms with Gasteiger partial charge in [-0.05, 0) is 23.6 Å². The van der Waals surface area contributed by atoms with E-state index in [0.717, 1.165) is 22.3 Å². The molecule has 0 radical (unpaired) electrons. The first-order valence-corrected chi connectivity index (χ1v) is 6.57. The summed E-state index contributed by atoms with van der Waals surface area (Å²) in [6.07, 6.45) is 5.10. The van der Waals surface area contributed by atoms with Gasteiger partial charge in [-0.3, -0.25) is 4.90 Å². The van der Waals surface area contributed by atoms with E-state index < -0.39 is 0 Å². The maximum atomic E-state index is 11.6. The zero-order valence-electron chi connectivity index (χ0n) is 11.9. The number of rotatable bonds is 3. The van der Waals surface area contributed by atoms with Gasteiger partial charge in [-0.2, -0.15) is 0 Å². The van der Waals surface area contributed by atoms with Crippen LogP contribution < -0.4 is 4.90 Å². The molecule has 108 valence electrons. The third kappa shape index (κ3) is 2.47. The first-order chi connectivity index (χ1) is 10.2. The van der Waals surface area contributed by atoms with E-state index in [9.17, 15) is 4.79 Å². The summed E-state index contributed by atoms with van der Waals surface area (Å²) >= 11 is 0. The highest BCUT2D eigenvalue weighted by atomic mass is 16.5. The maximum Gasteiger partial charge on any atom is 0.413 e. The van der Waals surface area contributed by atoms with Crippen LogP contribution in [0.1, 0.15) is 5.69 Å². The number of anilines is 1. The quantitative estimate of drug-likeness (QED) is 0.804. The minimum absolute atomic E-state index is 0.388. The largest absolute Gasteiger partial charge is 0.452 e. The molecule has 1 N–H and O–H groups in total. The van der Waals surface area contributed by atoms with E-state index in [1.807, 2.05) is 30.5 Å². The Morgan fingerprint density at radius 2 is 2.29 bits per heavy atom. The number of aromatic nitrogens is 3. The van der Waals surface area contributed by atoms with E-state index >= 15 is 0 Å². The molecule has 2 heterocycles. The van der Waals surface area contributed by atoms with Crippen LogP contribution in [0.25, 0.3) is 10.9 Å². The van der Waals surface area contributed by atoms with Crippen molar-refractivity contribution in [2.45, 2.75) is 6.54 Å². The number of ether oxygens (including phenoxy) is 1. The zero-order chi connectivity index (χ0) is 14.8. The summed E-state index contributed by atoms with van der Waals surface area (Å²) in [5.41, 5.74) is 2.87. The smallest absolute Gasteiger partial charge is 0.413 e. The van der Waals surface area contributed by atoms with Crippen molar-refractivity contribution < 1.29 is 9.53 Å². The number of nitrogens with one attached hydrogen (secondary N) is 1. The minimum Gasteiger partial charge on any atom is -0.452 e. The topological polar surface area (TPSA) is 63.1 Å². The van der Waals surface area contributed by atoms with Crippen LogP contribution in [-0.2, 0) is 11.3 Å². The molecule has 3 rings (SSSR count). The Labute approximate surface area is 122 Å². The van der Waals surface area contributed by atoms with Crippen LogP contribution >= 0.6 is 0 Å². The Hall–Kier alpha value is -2.76. The number of imidazole rings is 1. The molecule has 0 aliphatic carbocycles. The normalized spacial score (nSPS) is 10.8. The van der Waals surface area contributed by atoms with Crippen molar-refractivity contribution in [2.75, 3.05) is 19.1 Å². The Balaban J connectivity index is 1.97. The Bertz CT molecular complexity index is 761. The van der Waals surface area contributed by atoms with Crippen molar-refractivity contribution in [3.05, 3.63) is 48.7 Å². The summed E-state index contributed by atoms with van der Waals surface area (Å²) in [7, 11) is 3.06. The molecule has 6 heteroatoms. The molecule has 21 heavy (non-hydrogen) atoms. The third-order valence-corrected chi connectivity index (χ3v) is 3.49. The van der Waals surface area contributed by atoms with Gasteiger partial charge in [0.1, 0.15) is 0 Å². The van der Waals surface area contributed by atoms with Crippen molar-refractivity contribution in [1.82, 2.24) is 14.5 Å². The summed E-state index contributed by atoms with van der Waals surface area (Å²) in [5, 5.41) is 1.12. The zero-order valence-corrected chi connectivity index (χ0v) is 11.9. The Kier molecular flexibility index (Phi) is 3.35. The van der Waals surface area contributed by atoms with Crippen LogP contribution in [0, 0.1) is 0 Å². The second-order valence-electron chi connectivity index (χ2n) is 4.79. The number of hydrogen-bond donors (Lipinski definition) is 1. The molecule has 0 atom stereocenters. The number of H-pyrrole nitrogens is 1. The van der Waals surface area contributed by atoms with Gasteiger partial charge in [0.25, 0.3) is 0 Å². The molecule has 0 saturated carbocycles. The molecule has 0 bridgehead atoms. The number of hydrogen-bond acceptors (Lipinski definition) is 3. The Morgan fingerprint density at radius 3 is 3.00 bits per heavy atom. The van der Waals surface area contributed by atoms with Crippen LogP contribution in [-0.4, -0.2) is 34.8 Å². The van der Waals surface area contributed by atoms with Crippen molar-refractivity contribution in [1.29, 1.82) is 0 Å². The summed E-state index contributed by atoms with van der Waals surface area (Å²) in [6.45, 7) is 0.703. The van der Waals surface area contributed by atoms with Crippen molar-refractivity contribution in [3.8, 4) is 0 Å². The molecule has 0 aliphatic rings. The minimum atomic E-state index is -0.388. The molecule has 1 aromatic carbocycles. The number of nitrogens with zero attached hydrogens (tertiary/aromatic N) is 3. The van der Waals surface area contributed by atoms with Crippen LogP contribution in [0.15, 0.2) is 43.0 Å². The van der Waals surface area contributed by atoms with Gasteiger partial charge in [0.15, 0.2) is 0 Å². The van der Waals surface area contributed by atoms with E-state index in [2.05, 4.69) is 14.5 Å². The van der Waals surface area contributed by atoms with Gasteiger partial charge < -0.3 is 14.3 Å². The van der Waals surface area contributed by atoms with Gasteiger partial charge in [-0.25, -0.2) is 9.78 Å². The van der Waals surface area contributed by atoms with E-state index in [1.54, 1.807) is 19.6 Å². The van der Waals surface area contributed by atoms with Crippen LogP contribution in [0.4, 0.5) is 10.5 Å². The molecule has 2 aromatic heterocycles. The molecule has 0 fully saturated rings. The standard InChI is InChI=1S/C15H16N4O2/c1-18(15(20)21-2)13-4-3-11-5-6-19(14(11)7-13)9-12-8-16-10-17-12/h3-8,10H,9H2,1-2H3,(H,16,17). The monoisotopic (exact) mass is 284 g/mol. The van der Waals surface area contributed by atoms with Gasteiger partial charge >= 0.3 is 6.09 Å². The lowest BCUT2D eigenvalue weighted by atomic mass is 10.2. The summed E-state index contributed by atoms with van der Waals surface area (Å²) in [5.74, 6) is 0. The van der Waals surface area contributed by atoms with Gasteiger partial charge in [-0.1, -0.05) is 6.07 Å². The fourth-order valence-corrected chi connectivity index (χ4v) is 2.32. The summed E-state index contributed by atoms with van der Waals surface area (Å²) < 4.78 is 6.85. The maximum absolute atomic E-state index is 11.6. The third-order valence-electron chi connectivity index (χ3n) is 3.49. The predicted octanol–water partition coefficient (Wildman–Crippen LogP) is 2.62. The number of carbonyl (C=O) groups excluding carboxylic acids is 1. The van der Waals surface area contributed by atoms with E-state index in [1.165, 1.54) is 12.0 Å². The fourth-order valence-electron chi connectivity index (χ4n) is 2.32. The highest BCUT2D eigenvalue weighted by Gasteiger charge is 2.12. The molecule has 0 unspecified atom stereocenters. The lowest BCUT2D eigenvalue weighted by Crippen LogP contribution is -2.25. The lowest BCUT2D eigenvalue weighted by molar-refractivity contribution is 0.180. The number of fused-ring (bicyclic) bond motifs is 1. The van der Waals surface area contributed by atoms with Gasteiger partial charge in [0.05, 0.1) is 31.2 Å². The van der Waals surface area contributed by atoms with Gasteiger partial charge in [0.2, 0.25) is 0 Å². The first kappa shape index (κ1) is 13.2. The van der Waals surface area contributed by atoms with Crippen molar-refractivity contribution in [2.24, 2.45) is 0 Å². The van der Waals surface area contributed by atoms with E-state index in [0.29, 0.717) is 6.54 Å². The van der Waals surface area contributed by atoms with E-state index in [4.69, 9.17) is 4.74 Å². The predicted molar refractivity (Wildman–Crippen MR) is 80.4 cm³/mol. The number of carbonyl (C=O) groups is 1. The molecule has 1 amide bonds. The first-order valence-electron chi connectivity index (χ1n) is 6.57. The molecule has 0 aliphatic heterocycles. The SMILES string of the molecule is COC(=O)N(C)c1ccc2ccn(Cc3cnc[nH]3)c2c1. The number of methoxy groups -OCH3 is 1. The van der Waals surface area contributed by atoms with Gasteiger partial charge in [0, 0.05) is 25.1 Å². The van der Waals surface area contributed by atoms with Crippen molar-refractivity contribution in [3.63, 3.8) is 0 Å². The second-order valence-corrected chi connectivity index (χ2v) is 4.79. The average molecular weight is 284 g/mol. The summed E-state index contributed by atoms with van der Waals surface area (Å²) in [6, 6.07) is 7.92. The van der Waals surface area contributed by atoms with E-state index in [-0.39, 0.29) is 6.09 Å². The molecule has 6 nitrogen and oxygen atoms in total. The Morgan fingerprint density at radius 1 is 1.43 bits per heavy atom. The average Bonchev–Trinajstić information content (AvgIpc) is 3.16.